The second-order valence-corrected chi connectivity index (χ2v) is 7.17. The van der Waals surface area contributed by atoms with Crippen molar-refractivity contribution in [2.75, 3.05) is 24.6 Å². The number of imide groups is 2. The molecule has 0 saturated carbocycles. The third kappa shape index (κ3) is 3.25. The fraction of sp³-hybridized carbons (Fsp3) is 0.400. The monoisotopic (exact) mass is 399 g/mol. The van der Waals surface area contributed by atoms with E-state index in [0.717, 1.165) is 11.0 Å². The average molecular weight is 399 g/mol. The average Bonchev–Trinajstić information content (AvgIpc) is 3.24. The Labute approximate surface area is 166 Å². The highest BCUT2D eigenvalue weighted by Gasteiger charge is 2.45. The molecule has 1 aromatic carbocycles. The first kappa shape index (κ1) is 19.1. The van der Waals surface area contributed by atoms with Crippen molar-refractivity contribution in [2.24, 2.45) is 0 Å². The summed E-state index contributed by atoms with van der Waals surface area (Å²) in [5.74, 6) is -0.798. The second kappa shape index (κ2) is 7.29. The number of nitrogens with zero attached hydrogens (tertiary/aromatic N) is 2. The topological polar surface area (TPSA) is 96.0 Å². The zero-order valence-corrected chi connectivity index (χ0v) is 15.4. The number of ether oxygens (including phenoxy) is 1. The number of halogens is 1. The van der Waals surface area contributed by atoms with Gasteiger partial charge in [-0.3, -0.25) is 29.4 Å². The molecule has 2 unspecified atom stereocenters. The van der Waals surface area contributed by atoms with Crippen molar-refractivity contribution in [2.45, 2.75) is 31.4 Å². The van der Waals surface area contributed by atoms with Crippen LogP contribution in [0.4, 0.5) is 10.1 Å². The fourth-order valence-corrected chi connectivity index (χ4v) is 3.97. The first-order chi connectivity index (χ1) is 13.9. The van der Waals surface area contributed by atoms with Crippen molar-refractivity contribution >= 4 is 29.3 Å². The molecule has 4 rings (SSSR count). The molecule has 3 aliphatic heterocycles. The first-order valence-electron chi connectivity index (χ1n) is 9.26. The van der Waals surface area contributed by atoms with Crippen LogP contribution in [0.1, 0.15) is 40.0 Å². The summed E-state index contributed by atoms with van der Waals surface area (Å²) >= 11 is 0. The molecule has 3 heterocycles. The standard InChI is InChI=1S/C20H18FN3O5/c1-2-7-29-11-5-6-23(10-11)16-9-13-12(8-14(16)21)19(27)24(20(13)28)15-3-4-17(25)22-18(15)26/h1,8-9,11,15H,3-7,10H2,(H,22,25,26). The van der Waals surface area contributed by atoms with Gasteiger partial charge in [-0.2, -0.15) is 0 Å². The predicted molar refractivity (Wildman–Crippen MR) is 98.5 cm³/mol. The largest absolute Gasteiger partial charge is 0.366 e. The minimum Gasteiger partial charge on any atom is -0.366 e. The van der Waals surface area contributed by atoms with E-state index in [1.807, 2.05) is 0 Å². The van der Waals surface area contributed by atoms with Gasteiger partial charge in [0, 0.05) is 19.5 Å². The van der Waals surface area contributed by atoms with E-state index >= 15 is 0 Å². The molecule has 29 heavy (non-hydrogen) atoms. The van der Waals surface area contributed by atoms with Crippen LogP contribution in [-0.4, -0.2) is 60.4 Å². The lowest BCUT2D eigenvalue weighted by atomic mass is 10.0. The minimum atomic E-state index is -1.08. The van der Waals surface area contributed by atoms with E-state index in [1.54, 1.807) is 4.90 Å². The third-order valence-corrected chi connectivity index (χ3v) is 5.40. The quantitative estimate of drug-likeness (QED) is 0.584. The summed E-state index contributed by atoms with van der Waals surface area (Å²) in [6.45, 7) is 1.10. The van der Waals surface area contributed by atoms with Crippen LogP contribution in [0.3, 0.4) is 0 Å². The molecule has 0 radical (unpaired) electrons. The Morgan fingerprint density at radius 2 is 1.90 bits per heavy atom. The molecular formula is C20H18FN3O5. The Morgan fingerprint density at radius 3 is 2.59 bits per heavy atom. The molecule has 2 fully saturated rings. The van der Waals surface area contributed by atoms with Crippen molar-refractivity contribution in [1.82, 2.24) is 10.2 Å². The van der Waals surface area contributed by atoms with Gasteiger partial charge in [-0.1, -0.05) is 5.92 Å². The summed E-state index contributed by atoms with van der Waals surface area (Å²) in [7, 11) is 0. The lowest BCUT2D eigenvalue weighted by Gasteiger charge is -2.27. The molecule has 3 aliphatic rings. The highest BCUT2D eigenvalue weighted by atomic mass is 19.1. The highest BCUT2D eigenvalue weighted by molar-refractivity contribution is 6.23. The number of hydrogen-bond donors (Lipinski definition) is 1. The predicted octanol–water partition coefficient (Wildman–Crippen LogP) is 0.455. The maximum atomic E-state index is 14.8. The van der Waals surface area contributed by atoms with Gasteiger partial charge in [0.15, 0.2) is 0 Å². The summed E-state index contributed by atoms with van der Waals surface area (Å²) in [6, 6.07) is 1.30. The number of carbonyl (C=O) groups excluding carboxylic acids is 4. The molecule has 0 aromatic heterocycles. The maximum Gasteiger partial charge on any atom is 0.262 e. The lowest BCUT2D eigenvalue weighted by molar-refractivity contribution is -0.136. The van der Waals surface area contributed by atoms with E-state index < -0.39 is 35.5 Å². The van der Waals surface area contributed by atoms with Crippen LogP contribution in [-0.2, 0) is 14.3 Å². The maximum absolute atomic E-state index is 14.8. The molecule has 2 saturated heterocycles. The smallest absolute Gasteiger partial charge is 0.262 e. The lowest BCUT2D eigenvalue weighted by Crippen LogP contribution is -2.54. The Morgan fingerprint density at radius 1 is 1.17 bits per heavy atom. The van der Waals surface area contributed by atoms with Gasteiger partial charge in [0.05, 0.1) is 22.9 Å². The van der Waals surface area contributed by atoms with Gasteiger partial charge in [-0.25, -0.2) is 4.39 Å². The molecule has 8 nitrogen and oxygen atoms in total. The molecule has 4 amide bonds. The van der Waals surface area contributed by atoms with Crippen LogP contribution in [0.15, 0.2) is 12.1 Å². The molecule has 0 spiro atoms. The molecule has 2 atom stereocenters. The zero-order valence-electron chi connectivity index (χ0n) is 15.4. The van der Waals surface area contributed by atoms with Gasteiger partial charge in [0.1, 0.15) is 18.5 Å². The summed E-state index contributed by atoms with van der Waals surface area (Å²) < 4.78 is 20.2. The molecule has 0 bridgehead atoms. The first-order valence-corrected chi connectivity index (χ1v) is 9.26. The normalized spacial score (nSPS) is 24.0. The van der Waals surface area contributed by atoms with Crippen LogP contribution in [0.25, 0.3) is 0 Å². The van der Waals surface area contributed by atoms with Crippen LogP contribution in [0.2, 0.25) is 0 Å². The van der Waals surface area contributed by atoms with E-state index in [2.05, 4.69) is 11.2 Å². The Hall–Kier alpha value is -3.25. The minimum absolute atomic E-state index is 0.0241. The summed E-state index contributed by atoms with van der Waals surface area (Å²) in [4.78, 5) is 51.6. The van der Waals surface area contributed by atoms with Gasteiger partial charge in [0.25, 0.3) is 11.8 Å². The van der Waals surface area contributed by atoms with Crippen molar-refractivity contribution < 1.29 is 28.3 Å². The van der Waals surface area contributed by atoms with Crippen LogP contribution < -0.4 is 10.2 Å². The Balaban J connectivity index is 1.59. The van der Waals surface area contributed by atoms with Gasteiger partial charge in [-0.05, 0) is 25.0 Å². The van der Waals surface area contributed by atoms with Crippen molar-refractivity contribution in [3.63, 3.8) is 0 Å². The molecular weight excluding hydrogens is 381 g/mol. The van der Waals surface area contributed by atoms with Crippen molar-refractivity contribution in [1.29, 1.82) is 0 Å². The number of nitrogens with one attached hydrogen (secondary N) is 1. The SMILES string of the molecule is C#CCOC1CCN(c2cc3c(cc2F)C(=O)N(C2CCC(=O)NC2=O)C3=O)C1. The van der Waals surface area contributed by atoms with Gasteiger partial charge < -0.3 is 9.64 Å². The van der Waals surface area contributed by atoms with E-state index in [-0.39, 0.29) is 42.4 Å². The number of terminal acetylenes is 1. The number of amides is 4. The van der Waals surface area contributed by atoms with Gasteiger partial charge in [0.2, 0.25) is 11.8 Å². The van der Waals surface area contributed by atoms with Gasteiger partial charge in [-0.15, -0.1) is 6.42 Å². The van der Waals surface area contributed by atoms with Crippen molar-refractivity contribution in [3.05, 3.63) is 29.1 Å². The van der Waals surface area contributed by atoms with Gasteiger partial charge >= 0.3 is 0 Å². The number of anilines is 1. The number of hydrogen-bond acceptors (Lipinski definition) is 6. The van der Waals surface area contributed by atoms with Crippen LogP contribution in [0, 0.1) is 18.2 Å². The van der Waals surface area contributed by atoms with E-state index in [0.29, 0.717) is 19.5 Å². The molecule has 9 heteroatoms. The number of benzene rings is 1. The molecule has 150 valence electrons. The number of rotatable bonds is 4. The third-order valence-electron chi connectivity index (χ3n) is 5.40. The van der Waals surface area contributed by atoms with E-state index in [1.165, 1.54) is 6.07 Å². The zero-order chi connectivity index (χ0) is 20.7. The van der Waals surface area contributed by atoms with Crippen LogP contribution >= 0.6 is 0 Å². The highest BCUT2D eigenvalue weighted by Crippen LogP contribution is 2.34. The number of carbonyl (C=O) groups is 4. The Kier molecular flexibility index (Phi) is 4.80. The summed E-state index contributed by atoms with van der Waals surface area (Å²) in [5, 5.41) is 2.13. The van der Waals surface area contributed by atoms with Crippen molar-refractivity contribution in [3.8, 4) is 12.3 Å². The second-order valence-electron chi connectivity index (χ2n) is 7.17. The Bertz CT molecular complexity index is 970. The molecule has 1 N–H and O–H groups in total. The summed E-state index contributed by atoms with van der Waals surface area (Å²) in [5.41, 5.74) is 0.159. The van der Waals surface area contributed by atoms with E-state index in [9.17, 15) is 23.6 Å². The fourth-order valence-electron chi connectivity index (χ4n) is 3.97. The molecule has 0 aliphatic carbocycles. The number of piperidine rings is 1. The van der Waals surface area contributed by atoms with E-state index in [4.69, 9.17) is 11.2 Å². The van der Waals surface area contributed by atoms with Crippen LogP contribution in [0.5, 0.6) is 0 Å². The molecule has 1 aromatic rings. The summed E-state index contributed by atoms with van der Waals surface area (Å²) in [6.07, 6.45) is 5.78. The number of fused-ring (bicyclic) bond motifs is 1.